The van der Waals surface area contributed by atoms with Crippen molar-refractivity contribution >= 4 is 8.80 Å². The third-order valence-electron chi connectivity index (χ3n) is 3.28. The summed E-state index contributed by atoms with van der Waals surface area (Å²) < 4.78 is 28.4. The van der Waals surface area contributed by atoms with Crippen molar-refractivity contribution in [1.29, 1.82) is 0 Å². The molecule has 0 bridgehead atoms. The molecule has 6 heteroatoms. The number of ether oxygens (including phenoxy) is 2. The minimum atomic E-state index is -2.64. The second-order valence-corrected chi connectivity index (χ2v) is 7.39. The Kier molecular flexibility index (Phi) is 8.48. The van der Waals surface area contributed by atoms with Gasteiger partial charge in [-0.25, -0.2) is 0 Å². The van der Waals surface area contributed by atoms with Crippen LogP contribution in [0.1, 0.15) is 26.3 Å². The van der Waals surface area contributed by atoms with Crippen LogP contribution in [0.25, 0.3) is 0 Å². The highest BCUT2D eigenvalue weighted by Gasteiger charge is 2.40. The summed E-state index contributed by atoms with van der Waals surface area (Å²) in [5.74, 6) is 1.65. The van der Waals surface area contributed by atoms with Crippen LogP contribution in [0.2, 0.25) is 6.04 Å². The van der Waals surface area contributed by atoms with E-state index in [1.165, 1.54) is 0 Å². The first-order valence-electron chi connectivity index (χ1n) is 7.77. The fraction of sp³-hybridized carbons (Fsp3) is 0.625. The molecule has 0 amide bonds. The quantitative estimate of drug-likeness (QED) is 0.583. The topological polar surface area (TPSA) is 46.2 Å². The predicted molar refractivity (Wildman–Crippen MR) is 88.7 cm³/mol. The Morgan fingerprint density at radius 2 is 1.45 bits per heavy atom. The van der Waals surface area contributed by atoms with E-state index in [4.69, 9.17) is 22.8 Å². The van der Waals surface area contributed by atoms with Crippen molar-refractivity contribution in [2.75, 3.05) is 34.0 Å². The molecule has 0 radical (unpaired) electrons. The van der Waals surface area contributed by atoms with Crippen LogP contribution in [-0.2, 0) is 19.7 Å². The molecule has 0 atom stereocenters. The second-order valence-electron chi connectivity index (χ2n) is 4.66. The molecule has 1 rings (SSSR count). The number of aryl methyl sites for hydroxylation is 1. The van der Waals surface area contributed by atoms with Gasteiger partial charge in [0.25, 0.3) is 0 Å². The monoisotopic (exact) mass is 328 g/mol. The number of rotatable bonds is 11. The summed E-state index contributed by atoms with van der Waals surface area (Å²) in [6.45, 7) is 7.65. The van der Waals surface area contributed by atoms with Crippen LogP contribution in [-0.4, -0.2) is 42.8 Å². The van der Waals surface area contributed by atoms with Crippen molar-refractivity contribution in [3.05, 3.63) is 23.8 Å². The minimum absolute atomic E-state index is 0.585. The molecular formula is C16H28O5Si. The van der Waals surface area contributed by atoms with Crippen LogP contribution in [0.3, 0.4) is 0 Å². The molecule has 0 saturated carbocycles. The molecule has 0 aliphatic heterocycles. The number of benzene rings is 1. The Balaban J connectivity index is 2.91. The Morgan fingerprint density at radius 1 is 0.864 bits per heavy atom. The van der Waals surface area contributed by atoms with Crippen molar-refractivity contribution in [2.45, 2.75) is 33.2 Å². The van der Waals surface area contributed by atoms with Gasteiger partial charge in [0, 0.05) is 25.9 Å². The van der Waals surface area contributed by atoms with E-state index in [1.807, 2.05) is 39.0 Å². The van der Waals surface area contributed by atoms with E-state index < -0.39 is 8.80 Å². The zero-order chi connectivity index (χ0) is 16.4. The molecule has 5 nitrogen and oxygen atoms in total. The molecule has 126 valence electrons. The lowest BCUT2D eigenvalue weighted by Gasteiger charge is -2.28. The molecule has 0 unspecified atom stereocenters. The summed E-state index contributed by atoms with van der Waals surface area (Å²) in [6.07, 6.45) is 0.757. The number of methoxy groups -OCH3 is 2. The van der Waals surface area contributed by atoms with Crippen LogP contribution >= 0.6 is 0 Å². The Labute approximate surface area is 134 Å². The molecule has 0 heterocycles. The van der Waals surface area contributed by atoms with Gasteiger partial charge in [-0.3, -0.25) is 0 Å². The molecule has 0 aliphatic rings. The van der Waals surface area contributed by atoms with Gasteiger partial charge in [-0.15, -0.1) is 0 Å². The SMILES string of the molecule is CCO[Si](CCc1cc(OC)ccc1OC)(OCC)OCC. The molecule has 0 N–H and O–H groups in total. The average Bonchev–Trinajstić information content (AvgIpc) is 2.53. The largest absolute Gasteiger partial charge is 0.501 e. The van der Waals surface area contributed by atoms with Crippen LogP contribution in [0.15, 0.2) is 18.2 Å². The molecule has 22 heavy (non-hydrogen) atoms. The molecular weight excluding hydrogens is 300 g/mol. The summed E-state index contributed by atoms with van der Waals surface area (Å²) >= 11 is 0. The summed E-state index contributed by atoms with van der Waals surface area (Å²) in [5, 5.41) is 0. The molecule has 0 fully saturated rings. The normalized spacial score (nSPS) is 11.5. The van der Waals surface area contributed by atoms with E-state index in [9.17, 15) is 0 Å². The average molecular weight is 328 g/mol. The van der Waals surface area contributed by atoms with Gasteiger partial charge in [0.15, 0.2) is 0 Å². The lowest BCUT2D eigenvalue weighted by atomic mass is 10.1. The summed E-state index contributed by atoms with van der Waals surface area (Å²) in [4.78, 5) is 0. The van der Waals surface area contributed by atoms with Gasteiger partial charge < -0.3 is 22.8 Å². The maximum absolute atomic E-state index is 5.88. The highest BCUT2D eigenvalue weighted by Crippen LogP contribution is 2.28. The second kappa shape index (κ2) is 9.84. The van der Waals surface area contributed by atoms with Crippen molar-refractivity contribution in [1.82, 2.24) is 0 Å². The van der Waals surface area contributed by atoms with Crippen LogP contribution in [0, 0.1) is 0 Å². The first kappa shape index (κ1) is 19.0. The van der Waals surface area contributed by atoms with E-state index in [-0.39, 0.29) is 0 Å². The third-order valence-corrected chi connectivity index (χ3v) is 6.33. The third kappa shape index (κ3) is 5.28. The smallest absolute Gasteiger partial charge is 0.497 e. The van der Waals surface area contributed by atoms with Gasteiger partial charge in [-0.1, -0.05) is 0 Å². The van der Waals surface area contributed by atoms with Crippen LogP contribution in [0.5, 0.6) is 11.5 Å². The molecule has 0 aromatic heterocycles. The maximum Gasteiger partial charge on any atom is 0.501 e. The summed E-state index contributed by atoms with van der Waals surface area (Å²) in [6, 6.07) is 6.51. The van der Waals surface area contributed by atoms with Gasteiger partial charge in [0.1, 0.15) is 11.5 Å². The molecule has 1 aromatic rings. The maximum atomic E-state index is 5.88. The fourth-order valence-electron chi connectivity index (χ4n) is 2.37. The van der Waals surface area contributed by atoms with Gasteiger partial charge >= 0.3 is 8.80 Å². The fourth-order valence-corrected chi connectivity index (χ4v) is 4.94. The minimum Gasteiger partial charge on any atom is -0.497 e. The van der Waals surface area contributed by atoms with Gasteiger partial charge in [0.2, 0.25) is 0 Å². The summed E-state index contributed by atoms with van der Waals surface area (Å²) in [5.41, 5.74) is 1.07. The van der Waals surface area contributed by atoms with E-state index >= 15 is 0 Å². The highest BCUT2D eigenvalue weighted by atomic mass is 28.4. The molecule has 0 aliphatic carbocycles. The molecule has 0 spiro atoms. The number of hydrogen-bond donors (Lipinski definition) is 0. The Morgan fingerprint density at radius 3 is 1.91 bits per heavy atom. The van der Waals surface area contributed by atoms with E-state index in [2.05, 4.69) is 0 Å². The van der Waals surface area contributed by atoms with Crippen LogP contribution in [0.4, 0.5) is 0 Å². The lowest BCUT2D eigenvalue weighted by Crippen LogP contribution is -2.46. The van der Waals surface area contributed by atoms with Crippen molar-refractivity contribution in [3.8, 4) is 11.5 Å². The molecule has 1 aromatic carbocycles. The first-order valence-corrected chi connectivity index (χ1v) is 9.70. The van der Waals surface area contributed by atoms with Crippen LogP contribution < -0.4 is 9.47 Å². The van der Waals surface area contributed by atoms with Gasteiger partial charge in [-0.2, -0.15) is 0 Å². The van der Waals surface area contributed by atoms with Gasteiger partial charge in [0.05, 0.1) is 14.2 Å². The van der Waals surface area contributed by atoms with Crippen molar-refractivity contribution in [3.63, 3.8) is 0 Å². The van der Waals surface area contributed by atoms with E-state index in [0.717, 1.165) is 23.5 Å². The lowest BCUT2D eigenvalue weighted by molar-refractivity contribution is 0.0714. The Bertz CT molecular complexity index is 422. The zero-order valence-corrected chi connectivity index (χ0v) is 15.3. The van der Waals surface area contributed by atoms with E-state index in [1.54, 1.807) is 14.2 Å². The van der Waals surface area contributed by atoms with Crippen molar-refractivity contribution < 1.29 is 22.8 Å². The first-order chi connectivity index (χ1) is 10.6. The standard InChI is InChI=1S/C16H28O5Si/c1-6-19-22(20-7-2,21-8-3)12-11-14-13-15(17-4)9-10-16(14)18-5/h9-10,13H,6-8,11-12H2,1-5H3. The summed E-state index contributed by atoms with van der Waals surface area (Å²) in [7, 11) is 0.690. The zero-order valence-electron chi connectivity index (χ0n) is 14.3. The Hall–Kier alpha value is -1.08. The molecule has 0 saturated heterocycles. The van der Waals surface area contributed by atoms with Gasteiger partial charge in [-0.05, 0) is 51.0 Å². The van der Waals surface area contributed by atoms with Crippen molar-refractivity contribution in [2.24, 2.45) is 0 Å². The number of hydrogen-bond acceptors (Lipinski definition) is 5. The van der Waals surface area contributed by atoms with E-state index in [0.29, 0.717) is 25.9 Å². The predicted octanol–water partition coefficient (Wildman–Crippen LogP) is 3.29. The highest BCUT2D eigenvalue weighted by molar-refractivity contribution is 6.60.